The lowest BCUT2D eigenvalue weighted by molar-refractivity contribution is 0.233. The average molecular weight is 269 g/mol. The van der Waals surface area contributed by atoms with Crippen molar-refractivity contribution >= 4 is 0 Å². The van der Waals surface area contributed by atoms with Crippen LogP contribution < -0.4 is 10.5 Å². The van der Waals surface area contributed by atoms with E-state index >= 15 is 0 Å². The van der Waals surface area contributed by atoms with Crippen molar-refractivity contribution in [3.8, 4) is 16.9 Å². The number of benzene rings is 2. The molecule has 0 aliphatic rings. The number of nitrogens with two attached hydrogens (primary N) is 1. The lowest BCUT2D eigenvalue weighted by atomic mass is 9.90. The van der Waals surface area contributed by atoms with E-state index in [-0.39, 0.29) is 5.41 Å². The van der Waals surface area contributed by atoms with E-state index in [4.69, 9.17) is 10.5 Å². The van der Waals surface area contributed by atoms with Gasteiger partial charge in [-0.3, -0.25) is 0 Å². The SMILES string of the molecule is CC(C)(CN)CCOc1ccc(-c2ccccc2)cc1. The fraction of sp³-hybridized carbons (Fsp3) is 0.333. The summed E-state index contributed by atoms with van der Waals surface area (Å²) in [4.78, 5) is 0. The zero-order valence-electron chi connectivity index (χ0n) is 12.3. The van der Waals surface area contributed by atoms with Crippen molar-refractivity contribution in [1.82, 2.24) is 0 Å². The Morgan fingerprint density at radius 1 is 0.900 bits per heavy atom. The highest BCUT2D eigenvalue weighted by Gasteiger charge is 2.15. The molecule has 0 unspecified atom stereocenters. The molecule has 0 radical (unpaired) electrons. The summed E-state index contributed by atoms with van der Waals surface area (Å²) in [6.45, 7) is 5.71. The standard InChI is InChI=1S/C18H23NO/c1-18(2,14-19)12-13-20-17-10-8-16(9-11-17)15-6-4-3-5-7-15/h3-11H,12-14,19H2,1-2H3. The Morgan fingerprint density at radius 2 is 1.50 bits per heavy atom. The van der Waals surface area contributed by atoms with E-state index in [2.05, 4.69) is 50.2 Å². The number of hydrogen-bond donors (Lipinski definition) is 1. The highest BCUT2D eigenvalue weighted by molar-refractivity contribution is 5.63. The van der Waals surface area contributed by atoms with Crippen molar-refractivity contribution < 1.29 is 4.74 Å². The van der Waals surface area contributed by atoms with Gasteiger partial charge in [-0.1, -0.05) is 56.3 Å². The summed E-state index contributed by atoms with van der Waals surface area (Å²) in [6, 6.07) is 18.6. The van der Waals surface area contributed by atoms with E-state index in [0.717, 1.165) is 12.2 Å². The summed E-state index contributed by atoms with van der Waals surface area (Å²) in [5, 5.41) is 0. The smallest absolute Gasteiger partial charge is 0.119 e. The van der Waals surface area contributed by atoms with Gasteiger partial charge in [-0.25, -0.2) is 0 Å². The largest absolute Gasteiger partial charge is 0.494 e. The van der Waals surface area contributed by atoms with Crippen LogP contribution in [0.1, 0.15) is 20.3 Å². The van der Waals surface area contributed by atoms with Gasteiger partial charge in [-0.05, 0) is 41.6 Å². The Labute approximate surface area is 121 Å². The van der Waals surface area contributed by atoms with Crippen LogP contribution in [0.25, 0.3) is 11.1 Å². The zero-order valence-corrected chi connectivity index (χ0v) is 12.3. The summed E-state index contributed by atoms with van der Waals surface area (Å²) in [7, 11) is 0. The monoisotopic (exact) mass is 269 g/mol. The molecule has 0 saturated heterocycles. The molecule has 0 aliphatic heterocycles. The minimum absolute atomic E-state index is 0.143. The van der Waals surface area contributed by atoms with E-state index < -0.39 is 0 Å². The fourth-order valence-corrected chi connectivity index (χ4v) is 1.92. The number of rotatable bonds is 6. The third-order valence-corrected chi connectivity index (χ3v) is 3.56. The maximum Gasteiger partial charge on any atom is 0.119 e. The van der Waals surface area contributed by atoms with Crippen molar-refractivity contribution in [3.63, 3.8) is 0 Å². The van der Waals surface area contributed by atoms with Gasteiger partial charge in [0, 0.05) is 0 Å². The number of hydrogen-bond acceptors (Lipinski definition) is 2. The van der Waals surface area contributed by atoms with Gasteiger partial charge in [0.1, 0.15) is 5.75 Å². The maximum absolute atomic E-state index is 5.78. The van der Waals surface area contributed by atoms with E-state index in [9.17, 15) is 0 Å². The Morgan fingerprint density at radius 3 is 2.10 bits per heavy atom. The molecule has 20 heavy (non-hydrogen) atoms. The molecular formula is C18H23NO. The second kappa shape index (κ2) is 6.58. The van der Waals surface area contributed by atoms with Crippen LogP contribution in [-0.4, -0.2) is 13.2 Å². The third-order valence-electron chi connectivity index (χ3n) is 3.56. The van der Waals surface area contributed by atoms with Crippen LogP contribution in [0.5, 0.6) is 5.75 Å². The Balaban J connectivity index is 1.92. The van der Waals surface area contributed by atoms with Crippen LogP contribution in [0, 0.1) is 5.41 Å². The van der Waals surface area contributed by atoms with Crippen molar-refractivity contribution in [2.45, 2.75) is 20.3 Å². The van der Waals surface area contributed by atoms with Crippen LogP contribution >= 0.6 is 0 Å². The quantitative estimate of drug-likeness (QED) is 0.856. The van der Waals surface area contributed by atoms with Crippen LogP contribution in [0.15, 0.2) is 54.6 Å². The molecular weight excluding hydrogens is 246 g/mol. The van der Waals surface area contributed by atoms with Crippen molar-refractivity contribution in [2.75, 3.05) is 13.2 Å². The normalized spacial score (nSPS) is 11.3. The lowest BCUT2D eigenvalue weighted by Gasteiger charge is -2.22. The van der Waals surface area contributed by atoms with Gasteiger partial charge in [0.15, 0.2) is 0 Å². The predicted molar refractivity (Wildman–Crippen MR) is 84.8 cm³/mol. The summed E-state index contributed by atoms with van der Waals surface area (Å²) >= 11 is 0. The zero-order chi connectivity index (χ0) is 14.4. The van der Waals surface area contributed by atoms with Crippen molar-refractivity contribution in [1.29, 1.82) is 0 Å². The van der Waals surface area contributed by atoms with E-state index in [0.29, 0.717) is 13.2 Å². The Bertz CT molecular complexity index is 517. The molecule has 2 aromatic carbocycles. The van der Waals surface area contributed by atoms with Crippen LogP contribution in [-0.2, 0) is 0 Å². The summed E-state index contributed by atoms with van der Waals surface area (Å²) in [5.41, 5.74) is 8.29. The summed E-state index contributed by atoms with van der Waals surface area (Å²) in [6.07, 6.45) is 0.962. The molecule has 0 saturated carbocycles. The first-order valence-corrected chi connectivity index (χ1v) is 7.09. The van der Waals surface area contributed by atoms with Gasteiger partial charge in [0.05, 0.1) is 6.61 Å². The lowest BCUT2D eigenvalue weighted by Crippen LogP contribution is -2.25. The van der Waals surface area contributed by atoms with Gasteiger partial charge < -0.3 is 10.5 Å². The van der Waals surface area contributed by atoms with Crippen molar-refractivity contribution in [3.05, 3.63) is 54.6 Å². The first-order valence-electron chi connectivity index (χ1n) is 7.09. The maximum atomic E-state index is 5.78. The summed E-state index contributed by atoms with van der Waals surface area (Å²) in [5.74, 6) is 0.914. The first kappa shape index (κ1) is 14.6. The number of ether oxygens (including phenoxy) is 1. The molecule has 106 valence electrons. The van der Waals surface area contributed by atoms with Crippen LogP contribution in [0.3, 0.4) is 0 Å². The predicted octanol–water partition coefficient (Wildman–Crippen LogP) is 4.11. The molecule has 0 atom stereocenters. The molecule has 2 nitrogen and oxygen atoms in total. The second-order valence-corrected chi connectivity index (χ2v) is 5.86. The fourth-order valence-electron chi connectivity index (χ4n) is 1.92. The molecule has 2 aromatic rings. The van der Waals surface area contributed by atoms with Gasteiger partial charge in [-0.15, -0.1) is 0 Å². The molecule has 0 aliphatic carbocycles. The highest BCUT2D eigenvalue weighted by atomic mass is 16.5. The molecule has 0 amide bonds. The molecule has 0 fully saturated rings. The Kier molecular flexibility index (Phi) is 4.80. The molecule has 0 bridgehead atoms. The molecule has 0 aromatic heterocycles. The topological polar surface area (TPSA) is 35.2 Å². The Hall–Kier alpha value is -1.80. The van der Waals surface area contributed by atoms with Crippen molar-refractivity contribution in [2.24, 2.45) is 11.1 Å². The third kappa shape index (κ3) is 4.10. The van der Waals surface area contributed by atoms with Gasteiger partial charge in [-0.2, -0.15) is 0 Å². The summed E-state index contributed by atoms with van der Waals surface area (Å²) < 4.78 is 5.78. The minimum atomic E-state index is 0.143. The van der Waals surface area contributed by atoms with E-state index in [1.165, 1.54) is 11.1 Å². The minimum Gasteiger partial charge on any atom is -0.494 e. The first-order chi connectivity index (χ1) is 9.61. The van der Waals surface area contributed by atoms with Gasteiger partial charge >= 0.3 is 0 Å². The average Bonchev–Trinajstić information content (AvgIpc) is 2.49. The van der Waals surface area contributed by atoms with Crippen LogP contribution in [0.2, 0.25) is 0 Å². The second-order valence-electron chi connectivity index (χ2n) is 5.86. The molecule has 2 N–H and O–H groups in total. The molecule has 2 heteroatoms. The van der Waals surface area contributed by atoms with Gasteiger partial charge in [0.2, 0.25) is 0 Å². The van der Waals surface area contributed by atoms with E-state index in [1.807, 2.05) is 18.2 Å². The van der Waals surface area contributed by atoms with Gasteiger partial charge in [0.25, 0.3) is 0 Å². The van der Waals surface area contributed by atoms with E-state index in [1.54, 1.807) is 0 Å². The molecule has 0 heterocycles. The van der Waals surface area contributed by atoms with Crippen LogP contribution in [0.4, 0.5) is 0 Å². The highest BCUT2D eigenvalue weighted by Crippen LogP contribution is 2.23. The molecule has 0 spiro atoms. The molecule has 2 rings (SSSR count).